The van der Waals surface area contributed by atoms with Crippen molar-refractivity contribution in [2.75, 3.05) is 18.4 Å². The first-order chi connectivity index (χ1) is 13.1. The van der Waals surface area contributed by atoms with Gasteiger partial charge in [-0.1, -0.05) is 11.6 Å². The van der Waals surface area contributed by atoms with Crippen molar-refractivity contribution in [3.63, 3.8) is 0 Å². The van der Waals surface area contributed by atoms with Crippen LogP contribution in [-0.2, 0) is 13.8 Å². The first-order valence-electron chi connectivity index (χ1n) is 8.94. The van der Waals surface area contributed by atoms with Crippen LogP contribution in [0.1, 0.15) is 19.3 Å². The van der Waals surface area contributed by atoms with Crippen molar-refractivity contribution < 1.29 is 9.84 Å². The van der Waals surface area contributed by atoms with E-state index in [1.54, 1.807) is 21.6 Å². The fourth-order valence-electron chi connectivity index (χ4n) is 3.23. The number of aliphatic hydroxyl groups excluding tert-OH is 1. The molecule has 9 nitrogen and oxygen atoms in total. The monoisotopic (exact) mass is 391 g/mol. The van der Waals surface area contributed by atoms with Gasteiger partial charge in [-0.15, -0.1) is 0 Å². The van der Waals surface area contributed by atoms with E-state index in [2.05, 4.69) is 25.7 Å². The third-order valence-corrected chi connectivity index (χ3v) is 4.84. The molecule has 1 unspecified atom stereocenters. The summed E-state index contributed by atoms with van der Waals surface area (Å²) in [5.41, 5.74) is 1.28. The SMILES string of the molecule is Cn1cc(Nc2nc(OC3CCCNCC3)c3c(Cl)cn(CO)c3n2)cn1. The zero-order valence-corrected chi connectivity index (χ0v) is 15.8. The van der Waals surface area contributed by atoms with Gasteiger partial charge in [0.15, 0.2) is 5.65 Å². The second-order valence-electron chi connectivity index (χ2n) is 6.59. The predicted octanol–water partition coefficient (Wildman–Crippen LogP) is 2.03. The van der Waals surface area contributed by atoms with Crippen LogP contribution in [0.4, 0.5) is 11.6 Å². The molecule has 1 fully saturated rings. The van der Waals surface area contributed by atoms with Crippen molar-refractivity contribution in [3.05, 3.63) is 23.6 Å². The van der Waals surface area contributed by atoms with Gasteiger partial charge in [-0.05, 0) is 32.4 Å². The molecular formula is C17H22ClN7O2. The number of nitrogens with zero attached hydrogens (tertiary/aromatic N) is 5. The van der Waals surface area contributed by atoms with E-state index in [4.69, 9.17) is 16.3 Å². The molecule has 0 spiro atoms. The van der Waals surface area contributed by atoms with Gasteiger partial charge in [-0.3, -0.25) is 4.68 Å². The first-order valence-corrected chi connectivity index (χ1v) is 9.32. The number of rotatable bonds is 5. The van der Waals surface area contributed by atoms with Crippen LogP contribution in [0, 0.1) is 0 Å². The van der Waals surface area contributed by atoms with Crippen LogP contribution in [0.2, 0.25) is 5.02 Å². The summed E-state index contributed by atoms with van der Waals surface area (Å²) in [6, 6.07) is 0. The number of halogens is 1. The molecule has 27 heavy (non-hydrogen) atoms. The summed E-state index contributed by atoms with van der Waals surface area (Å²) in [6.45, 7) is 1.67. The molecular weight excluding hydrogens is 370 g/mol. The second-order valence-corrected chi connectivity index (χ2v) is 6.99. The molecule has 4 heterocycles. The van der Waals surface area contributed by atoms with Crippen LogP contribution in [0.5, 0.6) is 5.88 Å². The van der Waals surface area contributed by atoms with E-state index in [0.29, 0.717) is 27.9 Å². The topological polar surface area (TPSA) is 102 Å². The van der Waals surface area contributed by atoms with Gasteiger partial charge in [0.05, 0.1) is 22.3 Å². The number of anilines is 2. The highest BCUT2D eigenvalue weighted by molar-refractivity contribution is 6.36. The lowest BCUT2D eigenvalue weighted by atomic mass is 10.1. The van der Waals surface area contributed by atoms with E-state index in [1.165, 1.54) is 0 Å². The maximum Gasteiger partial charge on any atom is 0.232 e. The van der Waals surface area contributed by atoms with Crippen molar-refractivity contribution in [1.82, 2.24) is 29.6 Å². The minimum absolute atomic E-state index is 0.0536. The van der Waals surface area contributed by atoms with Crippen LogP contribution in [0.15, 0.2) is 18.6 Å². The summed E-state index contributed by atoms with van der Waals surface area (Å²) in [5.74, 6) is 0.789. The van der Waals surface area contributed by atoms with Crippen molar-refractivity contribution in [2.24, 2.45) is 7.05 Å². The lowest BCUT2D eigenvalue weighted by Gasteiger charge is -2.17. The highest BCUT2D eigenvalue weighted by Crippen LogP contribution is 2.34. The molecule has 1 aliphatic heterocycles. The molecule has 0 aromatic carbocycles. The number of aryl methyl sites for hydroxylation is 1. The van der Waals surface area contributed by atoms with E-state index in [0.717, 1.165) is 38.0 Å². The number of ether oxygens (including phenoxy) is 1. The van der Waals surface area contributed by atoms with Crippen molar-refractivity contribution in [1.29, 1.82) is 0 Å². The number of aromatic nitrogens is 5. The molecule has 3 aromatic rings. The second kappa shape index (κ2) is 7.71. The molecule has 3 aromatic heterocycles. The normalized spacial score (nSPS) is 17.8. The summed E-state index contributed by atoms with van der Waals surface area (Å²) in [5, 5.41) is 21.3. The summed E-state index contributed by atoms with van der Waals surface area (Å²) in [6.07, 6.45) is 8.09. The van der Waals surface area contributed by atoms with Crippen molar-refractivity contribution in [2.45, 2.75) is 32.1 Å². The number of fused-ring (bicyclic) bond motifs is 1. The fraction of sp³-hybridized carbons (Fsp3) is 0.471. The average molecular weight is 392 g/mol. The Hall–Kier alpha value is -2.36. The minimum atomic E-state index is -0.237. The molecule has 0 bridgehead atoms. The smallest absolute Gasteiger partial charge is 0.232 e. The first kappa shape index (κ1) is 18.0. The Morgan fingerprint density at radius 2 is 2.22 bits per heavy atom. The zero-order valence-electron chi connectivity index (χ0n) is 15.0. The Balaban J connectivity index is 1.73. The molecule has 144 valence electrons. The Kier molecular flexibility index (Phi) is 5.15. The molecule has 3 N–H and O–H groups in total. The van der Waals surface area contributed by atoms with Crippen LogP contribution in [-0.4, -0.2) is 48.6 Å². The molecule has 10 heteroatoms. The van der Waals surface area contributed by atoms with E-state index >= 15 is 0 Å². The third-order valence-electron chi connectivity index (χ3n) is 4.55. The average Bonchev–Trinajstić information content (AvgIpc) is 3.08. The quantitative estimate of drug-likeness (QED) is 0.611. The minimum Gasteiger partial charge on any atom is -0.474 e. The van der Waals surface area contributed by atoms with Gasteiger partial charge < -0.3 is 25.0 Å². The van der Waals surface area contributed by atoms with Gasteiger partial charge >= 0.3 is 0 Å². The van der Waals surface area contributed by atoms with Crippen LogP contribution in [0.3, 0.4) is 0 Å². The summed E-state index contributed by atoms with van der Waals surface area (Å²) in [4.78, 5) is 9.07. The molecule has 1 aliphatic rings. The van der Waals surface area contributed by atoms with Gasteiger partial charge in [0.1, 0.15) is 12.8 Å². The number of nitrogens with one attached hydrogen (secondary N) is 2. The fourth-order valence-corrected chi connectivity index (χ4v) is 3.52. The predicted molar refractivity (Wildman–Crippen MR) is 102 cm³/mol. The van der Waals surface area contributed by atoms with Gasteiger partial charge in [0.2, 0.25) is 11.8 Å². The standard InChI is InChI=1S/C17H22ClN7O2/c1-24-8-11(7-20-24)21-17-22-15-14(13(18)9-25(15)10-26)16(23-17)27-12-3-2-5-19-6-4-12/h7-9,12,19,26H,2-6,10H2,1H3,(H,21,22,23). The Bertz CT molecular complexity index is 931. The highest BCUT2D eigenvalue weighted by Gasteiger charge is 2.21. The highest BCUT2D eigenvalue weighted by atomic mass is 35.5. The maximum absolute atomic E-state index is 9.64. The Labute approximate surface area is 161 Å². The Morgan fingerprint density at radius 1 is 1.33 bits per heavy atom. The van der Waals surface area contributed by atoms with Gasteiger partial charge in [-0.25, -0.2) is 0 Å². The molecule has 0 aliphatic carbocycles. The Morgan fingerprint density at radius 3 is 3.00 bits per heavy atom. The van der Waals surface area contributed by atoms with Crippen LogP contribution >= 0.6 is 11.6 Å². The molecule has 1 atom stereocenters. The van der Waals surface area contributed by atoms with E-state index < -0.39 is 0 Å². The van der Waals surface area contributed by atoms with Gasteiger partial charge in [0, 0.05) is 19.4 Å². The molecule has 0 radical (unpaired) electrons. The molecule has 0 saturated carbocycles. The van der Waals surface area contributed by atoms with E-state index in [1.807, 2.05) is 13.2 Å². The third kappa shape index (κ3) is 3.85. The summed E-state index contributed by atoms with van der Waals surface area (Å²) >= 11 is 6.39. The van der Waals surface area contributed by atoms with Crippen LogP contribution < -0.4 is 15.4 Å². The van der Waals surface area contributed by atoms with Crippen molar-refractivity contribution in [3.8, 4) is 5.88 Å². The van der Waals surface area contributed by atoms with Crippen LogP contribution in [0.25, 0.3) is 11.0 Å². The van der Waals surface area contributed by atoms with Gasteiger partial charge in [-0.2, -0.15) is 15.1 Å². The maximum atomic E-state index is 9.64. The lowest BCUT2D eigenvalue weighted by molar-refractivity contribution is 0.182. The van der Waals surface area contributed by atoms with Gasteiger partial charge in [0.25, 0.3) is 0 Å². The number of aliphatic hydroxyl groups is 1. The largest absolute Gasteiger partial charge is 0.474 e. The number of hydrogen-bond acceptors (Lipinski definition) is 7. The van der Waals surface area contributed by atoms with Crippen molar-refractivity contribution >= 4 is 34.3 Å². The molecule has 4 rings (SSSR count). The number of hydrogen-bond donors (Lipinski definition) is 3. The lowest BCUT2D eigenvalue weighted by Crippen LogP contribution is -2.20. The van der Waals surface area contributed by atoms with E-state index in [-0.39, 0.29) is 12.8 Å². The van der Waals surface area contributed by atoms with E-state index in [9.17, 15) is 5.11 Å². The summed E-state index contributed by atoms with van der Waals surface area (Å²) in [7, 11) is 1.83. The zero-order chi connectivity index (χ0) is 18.8. The molecule has 0 amide bonds. The summed E-state index contributed by atoms with van der Waals surface area (Å²) < 4.78 is 9.49. The molecule has 1 saturated heterocycles.